The maximum Gasteiger partial charge on any atom is 0.330 e. The zero-order valence-corrected chi connectivity index (χ0v) is 8.74. The van der Waals surface area contributed by atoms with E-state index in [4.69, 9.17) is 6.57 Å². The van der Waals surface area contributed by atoms with Crippen molar-refractivity contribution in [3.05, 3.63) is 47.1 Å². The molecule has 82 valence electrons. The van der Waals surface area contributed by atoms with Gasteiger partial charge in [0.15, 0.2) is 0 Å². The molecule has 0 atom stereocenters. The van der Waals surface area contributed by atoms with Crippen molar-refractivity contribution in [2.24, 2.45) is 0 Å². The van der Waals surface area contributed by atoms with E-state index in [1.165, 1.54) is 24.3 Å². The van der Waals surface area contributed by atoms with E-state index in [-0.39, 0.29) is 5.69 Å². The van der Waals surface area contributed by atoms with E-state index in [0.717, 1.165) is 0 Å². The molecule has 1 rings (SSSR count). The number of carbonyl (C=O) groups excluding carboxylic acids is 1. The van der Waals surface area contributed by atoms with Crippen molar-refractivity contribution in [2.45, 2.75) is 6.92 Å². The quantitative estimate of drug-likeness (QED) is 0.444. The average Bonchev–Trinajstić information content (AvgIpc) is 2.27. The van der Waals surface area contributed by atoms with Gasteiger partial charge in [-0.25, -0.2) is 14.0 Å². The fourth-order valence-corrected chi connectivity index (χ4v) is 1.07. The number of benzene rings is 1. The summed E-state index contributed by atoms with van der Waals surface area (Å²) in [6.45, 7) is 8.68. The first kappa shape index (κ1) is 11.9. The summed E-state index contributed by atoms with van der Waals surface area (Å²) in [5.74, 6) is -1.07. The number of hydrogen-bond donors (Lipinski definition) is 0. The lowest BCUT2D eigenvalue weighted by molar-refractivity contribution is -0.137. The topological polar surface area (TPSA) is 30.7 Å². The van der Waals surface area contributed by atoms with Gasteiger partial charge in [0.25, 0.3) is 0 Å². The number of rotatable bonds is 3. The van der Waals surface area contributed by atoms with Crippen LogP contribution in [0.2, 0.25) is 0 Å². The van der Waals surface area contributed by atoms with E-state index in [0.29, 0.717) is 12.2 Å². The van der Waals surface area contributed by atoms with E-state index in [2.05, 4.69) is 9.58 Å². The molecule has 0 aliphatic heterocycles. The molecule has 0 aromatic heterocycles. The van der Waals surface area contributed by atoms with Gasteiger partial charge in [0.2, 0.25) is 5.69 Å². The Balaban J connectivity index is 2.80. The summed E-state index contributed by atoms with van der Waals surface area (Å²) in [6.07, 6.45) is 2.66. The Kier molecular flexibility index (Phi) is 4.22. The van der Waals surface area contributed by atoms with Crippen LogP contribution >= 0.6 is 0 Å². The van der Waals surface area contributed by atoms with Crippen LogP contribution in [0.3, 0.4) is 0 Å². The van der Waals surface area contributed by atoms with Crippen molar-refractivity contribution in [2.75, 3.05) is 6.61 Å². The third-order valence-corrected chi connectivity index (χ3v) is 1.79. The van der Waals surface area contributed by atoms with Crippen LogP contribution in [-0.2, 0) is 9.53 Å². The molecule has 0 unspecified atom stereocenters. The summed E-state index contributed by atoms with van der Waals surface area (Å²) in [4.78, 5) is 14.0. The molecule has 0 heterocycles. The normalized spacial score (nSPS) is 10.1. The smallest absolute Gasteiger partial charge is 0.330 e. The van der Waals surface area contributed by atoms with Gasteiger partial charge in [0.1, 0.15) is 5.82 Å². The van der Waals surface area contributed by atoms with Gasteiger partial charge in [-0.2, -0.15) is 0 Å². The second-order valence-electron chi connectivity index (χ2n) is 2.91. The molecule has 1 aromatic rings. The predicted octanol–water partition coefficient (Wildman–Crippen LogP) is 2.95. The summed E-state index contributed by atoms with van der Waals surface area (Å²) in [5.41, 5.74) is 0.478. The van der Waals surface area contributed by atoms with Crippen LogP contribution in [0.4, 0.5) is 10.1 Å². The van der Waals surface area contributed by atoms with Gasteiger partial charge in [0, 0.05) is 6.08 Å². The molecule has 0 fully saturated rings. The number of ether oxygens (including phenoxy) is 1. The Hall–Kier alpha value is -2.15. The van der Waals surface area contributed by atoms with Gasteiger partial charge in [0.05, 0.1) is 13.2 Å². The summed E-state index contributed by atoms with van der Waals surface area (Å²) in [6, 6.07) is 4.13. The van der Waals surface area contributed by atoms with Gasteiger partial charge in [-0.1, -0.05) is 12.1 Å². The highest BCUT2D eigenvalue weighted by Crippen LogP contribution is 2.19. The first-order valence-electron chi connectivity index (χ1n) is 4.69. The molecule has 0 saturated heterocycles. The van der Waals surface area contributed by atoms with Crippen LogP contribution in [0.15, 0.2) is 24.3 Å². The largest absolute Gasteiger partial charge is 0.463 e. The summed E-state index contributed by atoms with van der Waals surface area (Å²) < 4.78 is 17.8. The van der Waals surface area contributed by atoms with E-state index >= 15 is 0 Å². The number of carbonyl (C=O) groups is 1. The zero-order chi connectivity index (χ0) is 12.0. The molecular formula is C12H10FNO2. The summed E-state index contributed by atoms with van der Waals surface area (Å²) in [5, 5.41) is 0. The fraction of sp³-hybridized carbons (Fsp3) is 0.167. The van der Waals surface area contributed by atoms with Crippen molar-refractivity contribution < 1.29 is 13.9 Å². The lowest BCUT2D eigenvalue weighted by atomic mass is 10.2. The fourth-order valence-electron chi connectivity index (χ4n) is 1.07. The Morgan fingerprint density at radius 1 is 1.62 bits per heavy atom. The monoisotopic (exact) mass is 219 g/mol. The van der Waals surface area contributed by atoms with Gasteiger partial charge in [-0.15, -0.1) is 0 Å². The first-order chi connectivity index (χ1) is 7.67. The Morgan fingerprint density at radius 2 is 2.38 bits per heavy atom. The lowest BCUT2D eigenvalue weighted by Gasteiger charge is -1.97. The second-order valence-corrected chi connectivity index (χ2v) is 2.91. The van der Waals surface area contributed by atoms with Gasteiger partial charge >= 0.3 is 5.97 Å². The zero-order valence-electron chi connectivity index (χ0n) is 8.74. The predicted molar refractivity (Wildman–Crippen MR) is 58.3 cm³/mol. The first-order valence-corrected chi connectivity index (χ1v) is 4.69. The molecule has 0 radical (unpaired) electrons. The SMILES string of the molecule is [C-]#[N+]c1ccc(C=CC(=O)OCC)cc1F. The lowest BCUT2D eigenvalue weighted by Crippen LogP contribution is -1.98. The van der Waals surface area contributed by atoms with E-state index in [1.807, 2.05) is 0 Å². The molecule has 0 spiro atoms. The van der Waals surface area contributed by atoms with Gasteiger partial charge in [-0.3, -0.25) is 0 Å². The molecule has 16 heavy (non-hydrogen) atoms. The Labute approximate surface area is 93.0 Å². The second kappa shape index (κ2) is 5.66. The average molecular weight is 219 g/mol. The highest BCUT2D eigenvalue weighted by Gasteiger charge is 2.01. The third-order valence-electron chi connectivity index (χ3n) is 1.79. The summed E-state index contributed by atoms with van der Waals surface area (Å²) >= 11 is 0. The Bertz CT molecular complexity index is 461. The molecule has 0 bridgehead atoms. The van der Waals surface area contributed by atoms with Crippen LogP contribution in [0.5, 0.6) is 0 Å². The molecule has 1 aromatic carbocycles. The highest BCUT2D eigenvalue weighted by molar-refractivity contribution is 5.87. The number of hydrogen-bond acceptors (Lipinski definition) is 2. The molecule has 0 N–H and O–H groups in total. The minimum Gasteiger partial charge on any atom is -0.463 e. The molecule has 3 nitrogen and oxygen atoms in total. The standard InChI is InChI=1S/C12H10FNO2/c1-3-16-12(15)7-5-9-4-6-11(14-2)10(13)8-9/h4-8H,3H2,1H3. The van der Waals surface area contributed by atoms with Crippen molar-refractivity contribution >= 4 is 17.7 Å². The van der Waals surface area contributed by atoms with E-state index < -0.39 is 11.8 Å². The highest BCUT2D eigenvalue weighted by atomic mass is 19.1. The molecule has 0 aliphatic rings. The maximum absolute atomic E-state index is 13.2. The number of nitrogens with zero attached hydrogens (tertiary/aromatic N) is 1. The molecule has 0 amide bonds. The summed E-state index contributed by atoms with van der Waals surface area (Å²) in [7, 11) is 0. The van der Waals surface area contributed by atoms with Crippen LogP contribution in [0.25, 0.3) is 10.9 Å². The minimum atomic E-state index is -0.596. The third kappa shape index (κ3) is 3.21. The van der Waals surface area contributed by atoms with Crippen LogP contribution in [0, 0.1) is 12.4 Å². The molecule has 0 aliphatic carbocycles. The van der Waals surface area contributed by atoms with E-state index in [1.54, 1.807) is 13.0 Å². The maximum atomic E-state index is 13.2. The van der Waals surface area contributed by atoms with Crippen LogP contribution < -0.4 is 0 Å². The van der Waals surface area contributed by atoms with Crippen LogP contribution in [-0.4, -0.2) is 12.6 Å². The number of esters is 1. The van der Waals surface area contributed by atoms with Crippen molar-refractivity contribution in [1.82, 2.24) is 0 Å². The van der Waals surface area contributed by atoms with Crippen molar-refractivity contribution in [3.63, 3.8) is 0 Å². The van der Waals surface area contributed by atoms with E-state index in [9.17, 15) is 9.18 Å². The number of halogens is 1. The molecule has 4 heteroatoms. The van der Waals surface area contributed by atoms with Crippen molar-refractivity contribution in [3.8, 4) is 0 Å². The Morgan fingerprint density at radius 3 is 2.94 bits per heavy atom. The minimum absolute atomic E-state index is 0.0340. The molecular weight excluding hydrogens is 209 g/mol. The van der Waals surface area contributed by atoms with Crippen molar-refractivity contribution in [1.29, 1.82) is 0 Å². The van der Waals surface area contributed by atoms with Crippen LogP contribution in [0.1, 0.15) is 12.5 Å². The molecule has 0 saturated carbocycles. The van der Waals surface area contributed by atoms with Gasteiger partial charge in [-0.05, 0) is 24.6 Å². The van der Waals surface area contributed by atoms with Gasteiger partial charge < -0.3 is 4.74 Å².